The number of carbonyl (C=O) groups excluding carboxylic acids is 1. The van der Waals surface area contributed by atoms with Gasteiger partial charge >= 0.3 is 12.0 Å². The van der Waals surface area contributed by atoms with E-state index in [1.165, 1.54) is 18.3 Å². The Kier molecular flexibility index (Phi) is 4.52. The number of carboxylic acids is 1. The summed E-state index contributed by atoms with van der Waals surface area (Å²) in [5.74, 6) is -1.09. The highest BCUT2D eigenvalue weighted by Crippen LogP contribution is 2.09. The van der Waals surface area contributed by atoms with Crippen molar-refractivity contribution < 1.29 is 14.7 Å². The second-order valence-electron chi connectivity index (χ2n) is 4.91. The number of likely N-dealkylation sites (tertiary alicyclic amines) is 1. The molecule has 0 atom stereocenters. The molecule has 7 heteroatoms. The van der Waals surface area contributed by atoms with Crippen molar-refractivity contribution in [2.45, 2.75) is 18.9 Å². The molecule has 0 bridgehead atoms. The van der Waals surface area contributed by atoms with Crippen molar-refractivity contribution in [1.29, 1.82) is 0 Å². The van der Waals surface area contributed by atoms with E-state index in [9.17, 15) is 9.59 Å². The number of aromatic nitrogens is 1. The summed E-state index contributed by atoms with van der Waals surface area (Å²) in [6.45, 7) is 1.94. The minimum absolute atomic E-state index is 0.0497. The van der Waals surface area contributed by atoms with Gasteiger partial charge < -0.3 is 20.6 Å². The number of carbonyl (C=O) groups is 2. The van der Waals surface area contributed by atoms with E-state index >= 15 is 0 Å². The van der Waals surface area contributed by atoms with Gasteiger partial charge in [0, 0.05) is 6.04 Å². The lowest BCUT2D eigenvalue weighted by Gasteiger charge is -2.29. The van der Waals surface area contributed by atoms with Gasteiger partial charge in [0.25, 0.3) is 0 Å². The number of carboxylic acid groups (broad SMARTS) is 1. The first kappa shape index (κ1) is 14.3. The molecule has 1 saturated heterocycles. The number of rotatable bonds is 3. The Bertz CT molecular complexity index is 481. The second-order valence-corrected chi connectivity index (χ2v) is 4.91. The maximum absolute atomic E-state index is 11.8. The Labute approximate surface area is 117 Å². The molecule has 2 amide bonds. The molecule has 1 fully saturated rings. The van der Waals surface area contributed by atoms with Crippen molar-refractivity contribution in [2.24, 2.45) is 0 Å². The van der Waals surface area contributed by atoms with Gasteiger partial charge in [-0.15, -0.1) is 0 Å². The third kappa shape index (κ3) is 3.92. The highest BCUT2D eigenvalue weighted by Gasteiger charge is 2.18. The summed E-state index contributed by atoms with van der Waals surface area (Å²) in [5.41, 5.74) is 0.423. The van der Waals surface area contributed by atoms with Gasteiger partial charge in [-0.05, 0) is 45.1 Å². The number of piperidine rings is 1. The number of hydrogen-bond donors (Lipinski definition) is 3. The molecule has 0 aliphatic carbocycles. The fourth-order valence-corrected chi connectivity index (χ4v) is 2.10. The fraction of sp³-hybridized carbons (Fsp3) is 0.462. The molecule has 7 nitrogen and oxygen atoms in total. The minimum atomic E-state index is -1.09. The van der Waals surface area contributed by atoms with Crippen LogP contribution in [0.5, 0.6) is 0 Å². The van der Waals surface area contributed by atoms with E-state index in [1.54, 1.807) is 0 Å². The summed E-state index contributed by atoms with van der Waals surface area (Å²) in [5, 5.41) is 14.3. The highest BCUT2D eigenvalue weighted by atomic mass is 16.4. The number of nitrogens with zero attached hydrogens (tertiary/aromatic N) is 2. The average molecular weight is 278 g/mol. The number of pyridine rings is 1. The van der Waals surface area contributed by atoms with Crippen molar-refractivity contribution in [1.82, 2.24) is 15.2 Å². The van der Waals surface area contributed by atoms with Crippen LogP contribution < -0.4 is 10.6 Å². The van der Waals surface area contributed by atoms with Crippen LogP contribution in [0.25, 0.3) is 0 Å². The summed E-state index contributed by atoms with van der Waals surface area (Å²) >= 11 is 0. The lowest BCUT2D eigenvalue weighted by molar-refractivity contribution is 0.0690. The van der Waals surface area contributed by atoms with Crippen LogP contribution in [0.15, 0.2) is 18.3 Å². The summed E-state index contributed by atoms with van der Waals surface area (Å²) in [7, 11) is 2.06. The van der Waals surface area contributed by atoms with Crippen LogP contribution in [0.4, 0.5) is 10.5 Å². The van der Waals surface area contributed by atoms with Crippen molar-refractivity contribution in [3.05, 3.63) is 24.0 Å². The van der Waals surface area contributed by atoms with Gasteiger partial charge in [0.15, 0.2) is 0 Å². The number of amides is 2. The van der Waals surface area contributed by atoms with Crippen LogP contribution in [0.2, 0.25) is 0 Å². The van der Waals surface area contributed by atoms with Crippen LogP contribution in [-0.4, -0.2) is 53.2 Å². The van der Waals surface area contributed by atoms with E-state index in [-0.39, 0.29) is 17.8 Å². The van der Waals surface area contributed by atoms with Gasteiger partial charge in [-0.25, -0.2) is 14.6 Å². The number of anilines is 1. The average Bonchev–Trinajstić information content (AvgIpc) is 2.42. The Morgan fingerprint density at radius 1 is 1.35 bits per heavy atom. The number of aromatic carboxylic acids is 1. The zero-order valence-corrected chi connectivity index (χ0v) is 11.3. The maximum Gasteiger partial charge on any atom is 0.354 e. The summed E-state index contributed by atoms with van der Waals surface area (Å²) < 4.78 is 0. The van der Waals surface area contributed by atoms with Gasteiger partial charge in [-0.3, -0.25) is 0 Å². The monoisotopic (exact) mass is 278 g/mol. The van der Waals surface area contributed by atoms with Gasteiger partial charge in [0.2, 0.25) is 0 Å². The quantitative estimate of drug-likeness (QED) is 0.766. The van der Waals surface area contributed by atoms with Crippen LogP contribution in [0.1, 0.15) is 23.3 Å². The van der Waals surface area contributed by atoms with E-state index in [0.717, 1.165) is 25.9 Å². The molecule has 3 N–H and O–H groups in total. The first-order valence-electron chi connectivity index (χ1n) is 6.50. The van der Waals surface area contributed by atoms with Crippen LogP contribution in [-0.2, 0) is 0 Å². The van der Waals surface area contributed by atoms with E-state index < -0.39 is 5.97 Å². The van der Waals surface area contributed by atoms with E-state index in [2.05, 4.69) is 27.6 Å². The number of urea groups is 1. The van der Waals surface area contributed by atoms with E-state index in [0.29, 0.717) is 5.69 Å². The smallest absolute Gasteiger partial charge is 0.354 e. The molecule has 1 aromatic heterocycles. The first-order valence-corrected chi connectivity index (χ1v) is 6.50. The van der Waals surface area contributed by atoms with Crippen LogP contribution >= 0.6 is 0 Å². The van der Waals surface area contributed by atoms with Gasteiger partial charge in [-0.2, -0.15) is 0 Å². The zero-order chi connectivity index (χ0) is 14.5. The lowest BCUT2D eigenvalue weighted by atomic mass is 10.1. The fourth-order valence-electron chi connectivity index (χ4n) is 2.10. The lowest BCUT2D eigenvalue weighted by Crippen LogP contribution is -2.44. The Morgan fingerprint density at radius 2 is 2.05 bits per heavy atom. The molecule has 1 aliphatic heterocycles. The van der Waals surface area contributed by atoms with Crippen molar-refractivity contribution >= 4 is 17.7 Å². The maximum atomic E-state index is 11.8. The molecule has 0 aromatic carbocycles. The van der Waals surface area contributed by atoms with Crippen LogP contribution in [0.3, 0.4) is 0 Å². The first-order chi connectivity index (χ1) is 9.54. The molecule has 2 rings (SSSR count). The van der Waals surface area contributed by atoms with Crippen molar-refractivity contribution in [3.8, 4) is 0 Å². The third-order valence-electron chi connectivity index (χ3n) is 3.29. The van der Waals surface area contributed by atoms with Gasteiger partial charge in [-0.1, -0.05) is 0 Å². The van der Waals surface area contributed by atoms with Crippen LogP contribution in [0, 0.1) is 0 Å². The second kappa shape index (κ2) is 6.33. The molecule has 1 aromatic rings. The Hall–Kier alpha value is -2.15. The normalized spacial score (nSPS) is 16.6. The molecule has 108 valence electrons. The van der Waals surface area contributed by atoms with Crippen molar-refractivity contribution in [3.63, 3.8) is 0 Å². The minimum Gasteiger partial charge on any atom is -0.477 e. The topological polar surface area (TPSA) is 94.6 Å². The largest absolute Gasteiger partial charge is 0.477 e. The molecular formula is C13H18N4O3. The van der Waals surface area contributed by atoms with E-state index in [4.69, 9.17) is 5.11 Å². The molecule has 2 heterocycles. The highest BCUT2D eigenvalue weighted by molar-refractivity contribution is 5.90. The molecule has 0 saturated carbocycles. The van der Waals surface area contributed by atoms with E-state index in [1.807, 2.05) is 0 Å². The number of hydrogen-bond acceptors (Lipinski definition) is 4. The van der Waals surface area contributed by atoms with Gasteiger partial charge in [0.05, 0.1) is 11.9 Å². The molecular weight excluding hydrogens is 260 g/mol. The Balaban J connectivity index is 1.83. The van der Waals surface area contributed by atoms with Crippen molar-refractivity contribution in [2.75, 3.05) is 25.5 Å². The third-order valence-corrected chi connectivity index (χ3v) is 3.29. The summed E-state index contributed by atoms with van der Waals surface area (Å²) in [4.78, 5) is 28.4. The van der Waals surface area contributed by atoms with Gasteiger partial charge in [0.1, 0.15) is 5.69 Å². The predicted octanol–water partition coefficient (Wildman–Crippen LogP) is 0.995. The Morgan fingerprint density at radius 3 is 2.60 bits per heavy atom. The summed E-state index contributed by atoms with van der Waals surface area (Å²) in [6.07, 6.45) is 3.19. The zero-order valence-electron chi connectivity index (χ0n) is 11.3. The molecule has 1 aliphatic rings. The molecule has 20 heavy (non-hydrogen) atoms. The molecule has 0 spiro atoms. The predicted molar refractivity (Wildman–Crippen MR) is 73.9 cm³/mol. The standard InChI is InChI=1S/C13H18N4O3/c1-17-6-4-9(5-7-17)15-13(20)16-10-2-3-11(12(18)19)14-8-10/h2-3,8-9H,4-7H2,1H3,(H,18,19)(H2,15,16,20). The SMILES string of the molecule is CN1CCC(NC(=O)Nc2ccc(C(=O)O)nc2)CC1. The molecule has 0 radical (unpaired) electrons. The number of nitrogens with one attached hydrogen (secondary N) is 2. The summed E-state index contributed by atoms with van der Waals surface area (Å²) in [6, 6.07) is 2.76. The molecule has 0 unspecified atom stereocenters.